The molecule has 7 heteroatoms. The van der Waals surface area contributed by atoms with E-state index in [4.69, 9.17) is 19.5 Å². The van der Waals surface area contributed by atoms with Gasteiger partial charge in [0, 0.05) is 24.8 Å². The highest BCUT2D eigenvalue weighted by molar-refractivity contribution is 5.69. The maximum atomic E-state index is 5.88. The second-order valence-electron chi connectivity index (χ2n) is 6.16. The highest BCUT2D eigenvalue weighted by Gasteiger charge is 2.11. The van der Waals surface area contributed by atoms with E-state index in [0.29, 0.717) is 24.6 Å². The van der Waals surface area contributed by atoms with E-state index >= 15 is 0 Å². The number of benzene rings is 1. The van der Waals surface area contributed by atoms with Gasteiger partial charge in [0.05, 0.1) is 11.3 Å². The molecule has 4 rings (SSSR count). The normalized spacial score (nSPS) is 10.9. The lowest BCUT2D eigenvalue weighted by Crippen LogP contribution is -1.96. The van der Waals surface area contributed by atoms with Crippen LogP contribution in [0.1, 0.15) is 22.7 Å². The number of ether oxygens (including phenoxy) is 1. The summed E-state index contributed by atoms with van der Waals surface area (Å²) in [5, 5.41) is 8.03. The highest BCUT2D eigenvalue weighted by Crippen LogP contribution is 2.25. The van der Waals surface area contributed by atoms with Crippen molar-refractivity contribution >= 4 is 5.82 Å². The second-order valence-corrected chi connectivity index (χ2v) is 6.16. The lowest BCUT2D eigenvalue weighted by molar-refractivity contribution is 0.288. The van der Waals surface area contributed by atoms with E-state index in [-0.39, 0.29) is 0 Å². The minimum atomic E-state index is 0.371. The molecular formula is C20H18N4O3. The van der Waals surface area contributed by atoms with Gasteiger partial charge in [-0.2, -0.15) is 0 Å². The molecule has 4 aromatic rings. The van der Waals surface area contributed by atoms with Crippen LogP contribution in [0.3, 0.4) is 0 Å². The number of anilines is 1. The molecule has 0 unspecified atom stereocenters. The molecule has 0 bridgehead atoms. The van der Waals surface area contributed by atoms with Crippen molar-refractivity contribution in [3.05, 3.63) is 77.4 Å². The van der Waals surface area contributed by atoms with Gasteiger partial charge in [0.15, 0.2) is 5.76 Å². The number of aryl methyl sites for hydroxylation is 1. The smallest absolute Gasteiger partial charge is 0.170 e. The Labute approximate surface area is 155 Å². The summed E-state index contributed by atoms with van der Waals surface area (Å²) >= 11 is 0. The van der Waals surface area contributed by atoms with Gasteiger partial charge in [-0.3, -0.25) is 0 Å². The topological polar surface area (TPSA) is 100 Å². The summed E-state index contributed by atoms with van der Waals surface area (Å²) in [7, 11) is 0. The van der Waals surface area contributed by atoms with Gasteiger partial charge >= 0.3 is 0 Å². The molecule has 7 nitrogen and oxygen atoms in total. The lowest BCUT2D eigenvalue weighted by Gasteiger charge is -2.04. The van der Waals surface area contributed by atoms with E-state index < -0.39 is 0 Å². The van der Waals surface area contributed by atoms with E-state index in [9.17, 15) is 0 Å². The first-order valence-corrected chi connectivity index (χ1v) is 8.48. The summed E-state index contributed by atoms with van der Waals surface area (Å²) in [4.78, 5) is 4.06. The number of hydrogen-bond donors (Lipinski definition) is 1. The van der Waals surface area contributed by atoms with Gasteiger partial charge in [0.1, 0.15) is 29.6 Å². The van der Waals surface area contributed by atoms with Crippen molar-refractivity contribution in [3.63, 3.8) is 0 Å². The predicted molar refractivity (Wildman–Crippen MR) is 99.0 cm³/mol. The lowest BCUT2D eigenvalue weighted by atomic mass is 10.1. The standard InChI is InChI=1S/C20H18N4O3/c1-13-9-16(24-26-13)12-25-17-6-4-14(5-7-17)10-15-11-19(27-23-15)18-3-2-8-22-20(18)21/h2-9,11H,10,12H2,1H3,(H2,21,22). The van der Waals surface area contributed by atoms with Gasteiger partial charge in [-0.15, -0.1) is 0 Å². The zero-order chi connectivity index (χ0) is 18.6. The second kappa shape index (κ2) is 7.33. The maximum Gasteiger partial charge on any atom is 0.170 e. The molecule has 1 aromatic carbocycles. The van der Waals surface area contributed by atoms with Gasteiger partial charge in [-0.25, -0.2) is 4.98 Å². The van der Waals surface area contributed by atoms with Crippen LogP contribution in [0.4, 0.5) is 5.82 Å². The van der Waals surface area contributed by atoms with Gasteiger partial charge in [-0.05, 0) is 36.8 Å². The zero-order valence-electron chi connectivity index (χ0n) is 14.8. The number of aromatic nitrogens is 3. The highest BCUT2D eigenvalue weighted by atomic mass is 16.5. The van der Waals surface area contributed by atoms with Crippen LogP contribution in [0.5, 0.6) is 5.75 Å². The first-order chi connectivity index (χ1) is 13.2. The first kappa shape index (κ1) is 16.8. The molecule has 0 atom stereocenters. The van der Waals surface area contributed by atoms with Crippen molar-refractivity contribution in [2.75, 3.05) is 5.73 Å². The fourth-order valence-corrected chi connectivity index (χ4v) is 2.70. The zero-order valence-corrected chi connectivity index (χ0v) is 14.8. The Balaban J connectivity index is 1.39. The molecule has 27 heavy (non-hydrogen) atoms. The minimum absolute atomic E-state index is 0.371. The third-order valence-electron chi connectivity index (χ3n) is 4.04. The largest absolute Gasteiger partial charge is 0.487 e. The van der Waals surface area contributed by atoms with Crippen LogP contribution < -0.4 is 10.5 Å². The Kier molecular flexibility index (Phi) is 4.57. The Morgan fingerprint density at radius 3 is 2.56 bits per heavy atom. The molecule has 3 aromatic heterocycles. The van der Waals surface area contributed by atoms with Crippen molar-refractivity contribution in [1.29, 1.82) is 0 Å². The summed E-state index contributed by atoms with van der Waals surface area (Å²) in [6, 6.07) is 15.2. The molecule has 0 spiro atoms. The SMILES string of the molecule is Cc1cc(COc2ccc(Cc3cc(-c4cccnc4N)on3)cc2)no1. The van der Waals surface area contributed by atoms with Crippen LogP contribution in [0.2, 0.25) is 0 Å². The van der Waals surface area contributed by atoms with Gasteiger partial charge in [-0.1, -0.05) is 22.4 Å². The third kappa shape index (κ3) is 3.98. The van der Waals surface area contributed by atoms with E-state index in [1.807, 2.05) is 55.5 Å². The summed E-state index contributed by atoms with van der Waals surface area (Å²) in [5.74, 6) is 2.56. The number of nitrogens with two attached hydrogens (primary N) is 1. The number of nitrogens with zero attached hydrogens (tertiary/aromatic N) is 3. The fourth-order valence-electron chi connectivity index (χ4n) is 2.70. The Morgan fingerprint density at radius 1 is 1.00 bits per heavy atom. The van der Waals surface area contributed by atoms with Crippen LogP contribution in [-0.2, 0) is 13.0 Å². The molecule has 0 radical (unpaired) electrons. The molecular weight excluding hydrogens is 344 g/mol. The monoisotopic (exact) mass is 362 g/mol. The van der Waals surface area contributed by atoms with Crippen molar-refractivity contribution < 1.29 is 13.8 Å². The van der Waals surface area contributed by atoms with Crippen LogP contribution in [0.25, 0.3) is 11.3 Å². The van der Waals surface area contributed by atoms with Gasteiger partial charge < -0.3 is 19.5 Å². The van der Waals surface area contributed by atoms with Crippen LogP contribution in [0.15, 0.2) is 63.8 Å². The summed E-state index contributed by atoms with van der Waals surface area (Å²) in [6.45, 7) is 2.22. The number of rotatable bonds is 6. The minimum Gasteiger partial charge on any atom is -0.487 e. The molecule has 0 fully saturated rings. The van der Waals surface area contributed by atoms with Crippen LogP contribution in [0, 0.1) is 6.92 Å². The molecule has 0 amide bonds. The number of hydrogen-bond acceptors (Lipinski definition) is 7. The van der Waals surface area contributed by atoms with E-state index in [0.717, 1.165) is 34.0 Å². The van der Waals surface area contributed by atoms with E-state index in [1.165, 1.54) is 0 Å². The molecule has 0 aliphatic carbocycles. The van der Waals surface area contributed by atoms with E-state index in [1.54, 1.807) is 6.20 Å². The number of pyridine rings is 1. The fraction of sp³-hybridized carbons (Fsp3) is 0.150. The number of nitrogen functional groups attached to an aromatic ring is 1. The summed E-state index contributed by atoms with van der Waals surface area (Å²) in [6.07, 6.45) is 2.29. The molecule has 0 saturated carbocycles. The van der Waals surface area contributed by atoms with Crippen LogP contribution >= 0.6 is 0 Å². The summed E-state index contributed by atoms with van der Waals surface area (Å²) in [5.41, 5.74) is 9.30. The Morgan fingerprint density at radius 2 is 1.81 bits per heavy atom. The molecule has 136 valence electrons. The third-order valence-corrected chi connectivity index (χ3v) is 4.04. The van der Waals surface area contributed by atoms with Crippen molar-refractivity contribution in [2.45, 2.75) is 20.0 Å². The molecule has 3 heterocycles. The average Bonchev–Trinajstić information content (AvgIpc) is 3.30. The van der Waals surface area contributed by atoms with Crippen molar-refractivity contribution in [2.24, 2.45) is 0 Å². The predicted octanol–water partition coefficient (Wildman–Crippen LogP) is 3.79. The molecule has 0 aliphatic heterocycles. The molecule has 0 saturated heterocycles. The quantitative estimate of drug-likeness (QED) is 0.557. The Hall–Kier alpha value is -3.61. The van der Waals surface area contributed by atoms with Gasteiger partial charge in [0.25, 0.3) is 0 Å². The molecule has 2 N–H and O–H groups in total. The Bertz CT molecular complexity index is 1040. The average molecular weight is 362 g/mol. The maximum absolute atomic E-state index is 5.88. The van der Waals surface area contributed by atoms with Crippen molar-refractivity contribution in [1.82, 2.24) is 15.3 Å². The van der Waals surface area contributed by atoms with E-state index in [2.05, 4.69) is 15.3 Å². The van der Waals surface area contributed by atoms with Gasteiger partial charge in [0.2, 0.25) is 0 Å². The van der Waals surface area contributed by atoms with Crippen LogP contribution in [-0.4, -0.2) is 15.3 Å². The summed E-state index contributed by atoms with van der Waals surface area (Å²) < 4.78 is 16.1. The molecule has 0 aliphatic rings. The van der Waals surface area contributed by atoms with Crippen molar-refractivity contribution in [3.8, 4) is 17.1 Å². The first-order valence-electron chi connectivity index (χ1n) is 8.48.